The van der Waals surface area contributed by atoms with Gasteiger partial charge in [-0.15, -0.1) is 0 Å². The Bertz CT molecular complexity index is 1070. The van der Waals surface area contributed by atoms with E-state index in [4.69, 9.17) is 4.43 Å². The van der Waals surface area contributed by atoms with Crippen LogP contribution in [0.15, 0.2) is 35.4 Å². The van der Waals surface area contributed by atoms with E-state index in [1.807, 2.05) is 0 Å². The van der Waals surface area contributed by atoms with Crippen LogP contribution >= 0.6 is 0 Å². The summed E-state index contributed by atoms with van der Waals surface area (Å²) in [6.45, 7) is 14.5. The van der Waals surface area contributed by atoms with Crippen LogP contribution in [0.5, 0.6) is 0 Å². The highest BCUT2D eigenvalue weighted by Crippen LogP contribution is 2.64. The van der Waals surface area contributed by atoms with Crippen LogP contribution in [-0.4, -0.2) is 42.6 Å². The lowest BCUT2D eigenvalue weighted by molar-refractivity contribution is -0.126. The zero-order valence-corrected chi connectivity index (χ0v) is 24.9. The Morgan fingerprint density at radius 2 is 1.78 bits per heavy atom. The summed E-state index contributed by atoms with van der Waals surface area (Å²) in [5.74, 6) is 1.27. The molecule has 1 aromatic rings. The van der Waals surface area contributed by atoms with Gasteiger partial charge in [-0.3, -0.25) is 4.79 Å². The first-order valence-corrected chi connectivity index (χ1v) is 17.5. The molecule has 5 rings (SSSR count). The molecule has 0 heterocycles. The van der Waals surface area contributed by atoms with E-state index in [1.54, 1.807) is 0 Å². The van der Waals surface area contributed by atoms with Gasteiger partial charge in [0.05, 0.1) is 11.7 Å². The van der Waals surface area contributed by atoms with E-state index in [0.717, 1.165) is 38.7 Å². The predicted octanol–water partition coefficient (Wildman–Crippen LogP) is 6.71. The molecule has 0 spiro atoms. The van der Waals surface area contributed by atoms with Gasteiger partial charge in [0.2, 0.25) is 0 Å². The Kier molecular flexibility index (Phi) is 6.96. The molecule has 6 atom stereocenters. The number of aliphatic hydroxyl groups is 2. The smallest absolute Gasteiger partial charge is 0.191 e. The summed E-state index contributed by atoms with van der Waals surface area (Å²) in [6, 6.07) is 9.07. The molecule has 3 saturated carbocycles. The molecule has 3 unspecified atom stereocenters. The maximum absolute atomic E-state index is 12.3. The van der Waals surface area contributed by atoms with Crippen molar-refractivity contribution in [3.05, 3.63) is 46.5 Å². The SMILES string of the molecule is CC(C)(C)[Si](C)(C)OCCc1ccc(C2C[C@]3(C)C(O)CC[C@H]3[C@@H]3CCC4(O)CC(=O)CCC4=C23)cc1. The highest BCUT2D eigenvalue weighted by molar-refractivity contribution is 6.74. The van der Waals surface area contributed by atoms with Crippen molar-refractivity contribution in [2.75, 3.05) is 6.61 Å². The fraction of sp³-hybridized carbons (Fsp3) is 0.719. The summed E-state index contributed by atoms with van der Waals surface area (Å²) < 4.78 is 6.41. The normalized spacial score (nSPS) is 36.3. The second-order valence-corrected chi connectivity index (χ2v) is 19.2. The third-order valence-corrected chi connectivity index (χ3v) is 15.8. The minimum absolute atomic E-state index is 0.0883. The Balaban J connectivity index is 1.43. The van der Waals surface area contributed by atoms with E-state index in [-0.39, 0.29) is 34.7 Å². The van der Waals surface area contributed by atoms with E-state index in [0.29, 0.717) is 31.1 Å². The largest absolute Gasteiger partial charge is 0.416 e. The molecule has 0 bridgehead atoms. The van der Waals surface area contributed by atoms with Crippen molar-refractivity contribution >= 4 is 14.1 Å². The van der Waals surface area contributed by atoms with Crippen LogP contribution in [0, 0.1) is 17.3 Å². The number of carbonyl (C=O) groups is 1. The number of rotatable bonds is 5. The number of fused-ring (bicyclic) bond motifs is 4. The van der Waals surface area contributed by atoms with Gasteiger partial charge in [0.25, 0.3) is 0 Å². The van der Waals surface area contributed by atoms with Crippen LogP contribution in [0.1, 0.15) is 96.1 Å². The Morgan fingerprint density at radius 1 is 1.08 bits per heavy atom. The lowest BCUT2D eigenvalue weighted by Crippen LogP contribution is -2.50. The highest BCUT2D eigenvalue weighted by Gasteiger charge is 2.58. The summed E-state index contributed by atoms with van der Waals surface area (Å²) in [6.07, 6.45) is 6.67. The molecule has 4 aliphatic rings. The average molecular weight is 525 g/mol. The van der Waals surface area contributed by atoms with Crippen LogP contribution < -0.4 is 0 Å². The van der Waals surface area contributed by atoms with Crippen LogP contribution in [0.3, 0.4) is 0 Å². The van der Waals surface area contributed by atoms with Crippen molar-refractivity contribution < 1.29 is 19.4 Å². The van der Waals surface area contributed by atoms with E-state index in [1.165, 1.54) is 22.3 Å². The van der Waals surface area contributed by atoms with Crippen LogP contribution in [0.2, 0.25) is 18.1 Å². The predicted molar refractivity (Wildman–Crippen MR) is 151 cm³/mol. The maximum Gasteiger partial charge on any atom is 0.191 e. The number of aliphatic hydroxyl groups excluding tert-OH is 1. The van der Waals surface area contributed by atoms with Crippen molar-refractivity contribution in [2.45, 2.75) is 121 Å². The standard InChI is InChI=1S/C32H48O4Si/c1-30(2,3)37(5,6)36-18-16-21-7-9-22(10-8-21)25-20-31(4)26(13-14-28(31)34)24-15-17-32(35)19-23(33)11-12-27(32)29(24)25/h7-10,24-26,28,34-35H,11-20H2,1-6H3/t24-,25?,26-,28?,31-,32?/m0/s1. The van der Waals surface area contributed by atoms with E-state index in [9.17, 15) is 15.0 Å². The van der Waals surface area contributed by atoms with Gasteiger partial charge >= 0.3 is 0 Å². The second kappa shape index (κ2) is 9.43. The van der Waals surface area contributed by atoms with Gasteiger partial charge in [-0.05, 0) is 97.0 Å². The van der Waals surface area contributed by atoms with Crippen LogP contribution in [-0.2, 0) is 15.6 Å². The molecule has 0 radical (unpaired) electrons. The molecule has 0 aliphatic heterocycles. The topological polar surface area (TPSA) is 66.8 Å². The molecule has 0 amide bonds. The summed E-state index contributed by atoms with van der Waals surface area (Å²) in [4.78, 5) is 12.3. The van der Waals surface area contributed by atoms with Crippen LogP contribution in [0.4, 0.5) is 0 Å². The lowest BCUT2D eigenvalue weighted by Gasteiger charge is -2.54. The van der Waals surface area contributed by atoms with Crippen molar-refractivity contribution in [1.82, 2.24) is 0 Å². The molecule has 4 aliphatic carbocycles. The van der Waals surface area contributed by atoms with Gasteiger partial charge in [-0.1, -0.05) is 57.5 Å². The zero-order chi connectivity index (χ0) is 26.8. The summed E-state index contributed by atoms with van der Waals surface area (Å²) in [5, 5.41) is 23.0. The lowest BCUT2D eigenvalue weighted by atomic mass is 9.51. The number of ketones is 1. The summed E-state index contributed by atoms with van der Waals surface area (Å²) >= 11 is 0. The Hall–Kier alpha value is -1.27. The molecule has 3 fully saturated rings. The number of allylic oxidation sites excluding steroid dienone is 1. The van der Waals surface area contributed by atoms with E-state index in [2.05, 4.69) is 65.1 Å². The molecular formula is C32H48O4Si. The molecule has 204 valence electrons. The first-order valence-electron chi connectivity index (χ1n) is 14.6. The fourth-order valence-electron chi connectivity index (χ4n) is 7.93. The minimum atomic E-state index is -1.75. The number of carbonyl (C=O) groups excluding carboxylic acids is 1. The van der Waals surface area contributed by atoms with E-state index >= 15 is 0 Å². The maximum atomic E-state index is 12.3. The summed E-state index contributed by atoms with van der Waals surface area (Å²) in [5.41, 5.74) is 4.14. The molecule has 4 nitrogen and oxygen atoms in total. The van der Waals surface area contributed by atoms with Crippen molar-refractivity contribution in [2.24, 2.45) is 17.3 Å². The monoisotopic (exact) mass is 524 g/mol. The zero-order valence-electron chi connectivity index (χ0n) is 23.9. The third kappa shape index (κ3) is 4.72. The molecule has 0 aromatic heterocycles. The van der Waals surface area contributed by atoms with Crippen molar-refractivity contribution in [3.8, 4) is 0 Å². The molecule has 0 saturated heterocycles. The van der Waals surface area contributed by atoms with Gasteiger partial charge in [0.1, 0.15) is 5.78 Å². The second-order valence-electron chi connectivity index (χ2n) is 14.4. The molecule has 1 aromatic carbocycles. The van der Waals surface area contributed by atoms with Gasteiger partial charge < -0.3 is 14.6 Å². The number of hydrogen-bond donors (Lipinski definition) is 2. The average Bonchev–Trinajstić information content (AvgIpc) is 3.11. The highest BCUT2D eigenvalue weighted by atomic mass is 28.4. The molecule has 37 heavy (non-hydrogen) atoms. The molecular weight excluding hydrogens is 476 g/mol. The number of Topliss-reactive ketones (excluding diaryl/α,β-unsaturated/α-hetero) is 1. The molecule has 5 heteroatoms. The van der Waals surface area contributed by atoms with Gasteiger partial charge in [0, 0.05) is 25.4 Å². The quantitative estimate of drug-likeness (QED) is 0.332. The third-order valence-electron chi connectivity index (χ3n) is 11.2. The number of hydrogen-bond acceptors (Lipinski definition) is 4. The Morgan fingerprint density at radius 3 is 2.46 bits per heavy atom. The first kappa shape index (κ1) is 27.3. The van der Waals surface area contributed by atoms with Crippen molar-refractivity contribution in [1.29, 1.82) is 0 Å². The number of benzene rings is 1. The van der Waals surface area contributed by atoms with Gasteiger partial charge in [-0.2, -0.15) is 0 Å². The minimum Gasteiger partial charge on any atom is -0.416 e. The van der Waals surface area contributed by atoms with Crippen molar-refractivity contribution in [3.63, 3.8) is 0 Å². The van der Waals surface area contributed by atoms with Gasteiger partial charge in [-0.25, -0.2) is 0 Å². The van der Waals surface area contributed by atoms with Gasteiger partial charge in [0.15, 0.2) is 8.32 Å². The van der Waals surface area contributed by atoms with E-state index < -0.39 is 13.9 Å². The summed E-state index contributed by atoms with van der Waals surface area (Å²) in [7, 11) is -1.75. The first-order chi connectivity index (χ1) is 17.3. The molecule has 2 N–H and O–H groups in total. The fourth-order valence-corrected chi connectivity index (χ4v) is 8.97. The Labute approximate surface area is 225 Å². The van der Waals surface area contributed by atoms with Crippen LogP contribution in [0.25, 0.3) is 0 Å².